The largest absolute Gasteiger partial charge is 0.458 e. The Balaban J connectivity index is 2.72. The van der Waals surface area contributed by atoms with Crippen LogP contribution in [0.1, 0.15) is 24.3 Å². The van der Waals surface area contributed by atoms with Gasteiger partial charge in [0.2, 0.25) is 0 Å². The third-order valence-corrected chi connectivity index (χ3v) is 1.24. The summed E-state index contributed by atoms with van der Waals surface area (Å²) in [6, 6.07) is 2.98. The highest BCUT2D eigenvalue weighted by Crippen LogP contribution is 2.01. The third kappa shape index (κ3) is 2.70. The van der Waals surface area contributed by atoms with E-state index in [-0.39, 0.29) is 17.6 Å². The van der Waals surface area contributed by atoms with Crippen LogP contribution in [0.5, 0.6) is 0 Å². The fourth-order valence-electron chi connectivity index (χ4n) is 0.726. The monoisotopic (exact) mass is 181 g/mol. The fourth-order valence-corrected chi connectivity index (χ4v) is 0.726. The highest BCUT2D eigenvalue weighted by Gasteiger charge is 2.10. The molecule has 0 saturated carbocycles. The van der Waals surface area contributed by atoms with E-state index in [0.29, 0.717) is 0 Å². The van der Waals surface area contributed by atoms with Crippen molar-refractivity contribution in [1.82, 2.24) is 10.2 Å². The molecule has 13 heavy (non-hydrogen) atoms. The molecule has 5 nitrogen and oxygen atoms in total. The Hall–Kier alpha value is -1.65. The number of ether oxygens (including phenoxy) is 1. The van der Waals surface area contributed by atoms with Gasteiger partial charge in [-0.25, -0.2) is 4.79 Å². The van der Waals surface area contributed by atoms with Crippen molar-refractivity contribution in [2.45, 2.75) is 20.0 Å². The van der Waals surface area contributed by atoms with Crippen molar-refractivity contribution < 1.29 is 9.53 Å². The minimum absolute atomic E-state index is 0.160. The smallest absolute Gasteiger partial charge is 0.359 e. The molecule has 2 N–H and O–H groups in total. The van der Waals surface area contributed by atoms with Gasteiger partial charge < -0.3 is 10.5 Å². The number of rotatable bonds is 2. The number of anilines is 1. The van der Waals surface area contributed by atoms with E-state index in [1.165, 1.54) is 12.1 Å². The Labute approximate surface area is 75.9 Å². The summed E-state index contributed by atoms with van der Waals surface area (Å²) in [7, 11) is 0. The summed E-state index contributed by atoms with van der Waals surface area (Å²) in [6.07, 6.45) is -0.160. The molecule has 0 radical (unpaired) electrons. The van der Waals surface area contributed by atoms with Crippen LogP contribution in [-0.2, 0) is 4.74 Å². The minimum atomic E-state index is -0.484. The van der Waals surface area contributed by atoms with Gasteiger partial charge >= 0.3 is 5.97 Å². The average Bonchev–Trinajstić information content (AvgIpc) is 2.04. The molecule has 1 aromatic rings. The molecule has 0 spiro atoms. The Morgan fingerprint density at radius 3 is 2.62 bits per heavy atom. The lowest BCUT2D eigenvalue weighted by molar-refractivity contribution is 0.0369. The van der Waals surface area contributed by atoms with E-state index >= 15 is 0 Å². The van der Waals surface area contributed by atoms with Gasteiger partial charge in [0.1, 0.15) is 5.82 Å². The Morgan fingerprint density at radius 1 is 1.46 bits per heavy atom. The van der Waals surface area contributed by atoms with Gasteiger partial charge in [-0.05, 0) is 26.0 Å². The second kappa shape index (κ2) is 3.84. The molecule has 0 aliphatic heterocycles. The highest BCUT2D eigenvalue weighted by molar-refractivity contribution is 5.87. The van der Waals surface area contributed by atoms with Gasteiger partial charge in [-0.2, -0.15) is 0 Å². The number of carbonyl (C=O) groups is 1. The summed E-state index contributed by atoms with van der Waals surface area (Å²) in [6.45, 7) is 3.53. The normalized spacial score (nSPS) is 10.1. The maximum absolute atomic E-state index is 11.2. The van der Waals surface area contributed by atoms with Crippen molar-refractivity contribution in [2.24, 2.45) is 0 Å². The summed E-state index contributed by atoms with van der Waals surface area (Å²) in [5, 5.41) is 7.12. The number of aromatic nitrogens is 2. The molecule has 1 heterocycles. The van der Waals surface area contributed by atoms with Crippen LogP contribution in [0.25, 0.3) is 0 Å². The molecule has 0 bridgehead atoms. The van der Waals surface area contributed by atoms with Crippen molar-refractivity contribution in [2.75, 3.05) is 5.73 Å². The van der Waals surface area contributed by atoms with Crippen molar-refractivity contribution >= 4 is 11.8 Å². The van der Waals surface area contributed by atoms with Crippen LogP contribution < -0.4 is 5.73 Å². The zero-order valence-electron chi connectivity index (χ0n) is 7.52. The summed E-state index contributed by atoms with van der Waals surface area (Å²) >= 11 is 0. The van der Waals surface area contributed by atoms with Crippen LogP contribution in [0.3, 0.4) is 0 Å². The van der Waals surface area contributed by atoms with Crippen molar-refractivity contribution in [3.63, 3.8) is 0 Å². The quantitative estimate of drug-likeness (QED) is 0.677. The van der Waals surface area contributed by atoms with E-state index in [9.17, 15) is 4.79 Å². The molecule has 0 saturated heterocycles. The van der Waals surface area contributed by atoms with Gasteiger partial charge in [-0.3, -0.25) is 0 Å². The van der Waals surface area contributed by atoms with E-state index in [1.807, 2.05) is 0 Å². The minimum Gasteiger partial charge on any atom is -0.458 e. The van der Waals surface area contributed by atoms with Crippen LogP contribution in [0.15, 0.2) is 12.1 Å². The maximum atomic E-state index is 11.2. The molecular weight excluding hydrogens is 170 g/mol. The molecule has 70 valence electrons. The number of nitrogen functional groups attached to an aromatic ring is 1. The van der Waals surface area contributed by atoms with E-state index < -0.39 is 5.97 Å². The molecular formula is C8H11N3O2. The zero-order valence-corrected chi connectivity index (χ0v) is 7.52. The van der Waals surface area contributed by atoms with Gasteiger partial charge in [-0.15, -0.1) is 10.2 Å². The summed E-state index contributed by atoms with van der Waals surface area (Å²) in [5.41, 5.74) is 5.47. The van der Waals surface area contributed by atoms with E-state index in [0.717, 1.165) is 0 Å². The molecule has 0 fully saturated rings. The van der Waals surface area contributed by atoms with Crippen LogP contribution in [0.2, 0.25) is 0 Å². The first-order valence-corrected chi connectivity index (χ1v) is 3.90. The van der Waals surface area contributed by atoms with Gasteiger partial charge in [0.05, 0.1) is 6.10 Å². The second-order valence-electron chi connectivity index (χ2n) is 2.80. The van der Waals surface area contributed by atoms with Gasteiger partial charge in [0, 0.05) is 0 Å². The SMILES string of the molecule is CC(C)OC(=O)c1ccc(N)nn1. The van der Waals surface area contributed by atoms with Crippen molar-refractivity contribution in [3.8, 4) is 0 Å². The Morgan fingerprint density at radius 2 is 2.15 bits per heavy atom. The summed E-state index contributed by atoms with van der Waals surface area (Å²) in [5.74, 6) is -0.205. The Bertz CT molecular complexity index is 295. The topological polar surface area (TPSA) is 78.1 Å². The number of nitrogens with two attached hydrogens (primary N) is 1. The molecule has 0 amide bonds. The third-order valence-electron chi connectivity index (χ3n) is 1.24. The van der Waals surface area contributed by atoms with Crippen LogP contribution in [0.4, 0.5) is 5.82 Å². The fraction of sp³-hybridized carbons (Fsp3) is 0.375. The first-order valence-electron chi connectivity index (χ1n) is 3.90. The predicted octanol–water partition coefficient (Wildman–Crippen LogP) is 0.624. The summed E-state index contributed by atoms with van der Waals surface area (Å²) in [4.78, 5) is 11.2. The molecule has 1 aromatic heterocycles. The lowest BCUT2D eigenvalue weighted by atomic mass is 10.4. The van der Waals surface area contributed by atoms with Crippen LogP contribution in [-0.4, -0.2) is 22.3 Å². The number of hydrogen-bond acceptors (Lipinski definition) is 5. The lowest BCUT2D eigenvalue weighted by Gasteiger charge is -2.05. The van der Waals surface area contributed by atoms with Crippen LogP contribution in [0, 0.1) is 0 Å². The van der Waals surface area contributed by atoms with E-state index in [2.05, 4.69) is 10.2 Å². The molecule has 1 rings (SSSR count). The highest BCUT2D eigenvalue weighted by atomic mass is 16.5. The zero-order chi connectivity index (χ0) is 9.84. The number of esters is 1. The standard InChI is InChI=1S/C8H11N3O2/c1-5(2)13-8(12)6-3-4-7(9)11-10-6/h3-5H,1-2H3,(H2,9,11). The molecule has 0 atom stereocenters. The van der Waals surface area contributed by atoms with Gasteiger partial charge in [0.15, 0.2) is 5.69 Å². The van der Waals surface area contributed by atoms with Crippen LogP contribution >= 0.6 is 0 Å². The summed E-state index contributed by atoms with van der Waals surface area (Å²) < 4.78 is 4.89. The first-order chi connectivity index (χ1) is 6.09. The number of carbonyl (C=O) groups excluding carboxylic acids is 1. The van der Waals surface area contributed by atoms with E-state index in [4.69, 9.17) is 10.5 Å². The molecule has 0 aliphatic rings. The van der Waals surface area contributed by atoms with E-state index in [1.54, 1.807) is 13.8 Å². The molecule has 0 aromatic carbocycles. The van der Waals surface area contributed by atoms with Crippen molar-refractivity contribution in [1.29, 1.82) is 0 Å². The lowest BCUT2D eigenvalue weighted by Crippen LogP contribution is -2.13. The number of nitrogens with zero attached hydrogens (tertiary/aromatic N) is 2. The van der Waals surface area contributed by atoms with Crippen molar-refractivity contribution in [3.05, 3.63) is 17.8 Å². The Kier molecular flexibility index (Phi) is 2.79. The average molecular weight is 181 g/mol. The molecule has 5 heteroatoms. The number of hydrogen-bond donors (Lipinski definition) is 1. The molecule has 0 aliphatic carbocycles. The van der Waals surface area contributed by atoms with Gasteiger partial charge in [0.25, 0.3) is 0 Å². The van der Waals surface area contributed by atoms with Gasteiger partial charge in [-0.1, -0.05) is 0 Å². The first kappa shape index (κ1) is 9.44. The second-order valence-corrected chi connectivity index (χ2v) is 2.80. The molecule has 0 unspecified atom stereocenters. The maximum Gasteiger partial charge on any atom is 0.359 e. The predicted molar refractivity (Wildman–Crippen MR) is 47.0 cm³/mol.